The molecule has 3 rings (SSSR count). The van der Waals surface area contributed by atoms with Crippen molar-refractivity contribution in [3.05, 3.63) is 53.6 Å². The second-order valence-corrected chi connectivity index (χ2v) is 5.52. The Kier molecular flexibility index (Phi) is 3.88. The van der Waals surface area contributed by atoms with Gasteiger partial charge in [0.2, 0.25) is 0 Å². The van der Waals surface area contributed by atoms with Gasteiger partial charge in [0, 0.05) is 24.9 Å². The number of hydrogen-bond acceptors (Lipinski definition) is 2. The highest BCUT2D eigenvalue weighted by Gasteiger charge is 2.35. The van der Waals surface area contributed by atoms with Crippen LogP contribution in [0, 0.1) is 0 Å². The van der Waals surface area contributed by atoms with Crippen molar-refractivity contribution in [3.63, 3.8) is 0 Å². The van der Waals surface area contributed by atoms with Gasteiger partial charge in [-0.3, -0.25) is 0 Å². The number of nitrogens with zero attached hydrogens (tertiary/aromatic N) is 2. The molecule has 0 saturated heterocycles. The lowest BCUT2D eigenvalue weighted by Crippen LogP contribution is -2.35. The Morgan fingerprint density at radius 2 is 2.20 bits per heavy atom. The van der Waals surface area contributed by atoms with Crippen molar-refractivity contribution in [3.8, 4) is 0 Å². The first-order valence-electron chi connectivity index (χ1n) is 7.67. The average molecular weight is 269 g/mol. The van der Waals surface area contributed by atoms with Crippen molar-refractivity contribution in [2.75, 3.05) is 6.54 Å². The SMILES string of the molecule is CCCn1ccnc1C(NCC)C1Cc2ccccc21. The molecule has 0 amide bonds. The predicted molar refractivity (Wildman–Crippen MR) is 81.8 cm³/mol. The molecule has 0 bridgehead atoms. The van der Waals surface area contributed by atoms with Gasteiger partial charge in [0.25, 0.3) is 0 Å². The summed E-state index contributed by atoms with van der Waals surface area (Å²) < 4.78 is 2.30. The zero-order valence-corrected chi connectivity index (χ0v) is 12.3. The lowest BCUT2D eigenvalue weighted by Gasteiger charge is -2.36. The van der Waals surface area contributed by atoms with E-state index in [1.165, 1.54) is 17.0 Å². The Morgan fingerprint density at radius 3 is 2.95 bits per heavy atom. The minimum atomic E-state index is 0.330. The van der Waals surface area contributed by atoms with E-state index in [-0.39, 0.29) is 0 Å². The van der Waals surface area contributed by atoms with Gasteiger partial charge in [0.15, 0.2) is 0 Å². The van der Waals surface area contributed by atoms with Gasteiger partial charge in [-0.2, -0.15) is 0 Å². The van der Waals surface area contributed by atoms with Crippen LogP contribution in [0.1, 0.15) is 49.2 Å². The van der Waals surface area contributed by atoms with E-state index in [4.69, 9.17) is 0 Å². The summed E-state index contributed by atoms with van der Waals surface area (Å²) in [5.74, 6) is 1.75. The summed E-state index contributed by atoms with van der Waals surface area (Å²) in [7, 11) is 0. The molecule has 3 heteroatoms. The molecule has 2 unspecified atom stereocenters. The quantitative estimate of drug-likeness (QED) is 0.872. The maximum Gasteiger partial charge on any atom is 0.126 e. The molecular formula is C17H23N3. The number of imidazole rings is 1. The standard InChI is InChI=1S/C17H23N3/c1-3-10-20-11-9-19-17(20)16(18-4-2)15-12-13-7-5-6-8-14(13)15/h5-9,11,15-16,18H,3-4,10,12H2,1-2H3. The summed E-state index contributed by atoms with van der Waals surface area (Å²) in [4.78, 5) is 4.63. The van der Waals surface area contributed by atoms with E-state index in [9.17, 15) is 0 Å². The first-order valence-corrected chi connectivity index (χ1v) is 7.67. The molecule has 1 N–H and O–H groups in total. The molecule has 2 aromatic rings. The number of rotatable bonds is 6. The van der Waals surface area contributed by atoms with Crippen molar-refractivity contribution in [1.82, 2.24) is 14.9 Å². The number of benzene rings is 1. The maximum absolute atomic E-state index is 4.63. The molecular weight excluding hydrogens is 246 g/mol. The van der Waals surface area contributed by atoms with Gasteiger partial charge in [-0.1, -0.05) is 38.1 Å². The van der Waals surface area contributed by atoms with Crippen molar-refractivity contribution in [1.29, 1.82) is 0 Å². The van der Waals surface area contributed by atoms with Crippen molar-refractivity contribution >= 4 is 0 Å². The van der Waals surface area contributed by atoms with Crippen LogP contribution in [0.25, 0.3) is 0 Å². The Bertz CT molecular complexity index is 573. The Labute approximate surface area is 121 Å². The summed E-state index contributed by atoms with van der Waals surface area (Å²) >= 11 is 0. The molecule has 0 spiro atoms. The summed E-state index contributed by atoms with van der Waals surface area (Å²) in [6.07, 6.45) is 6.34. The van der Waals surface area contributed by atoms with Gasteiger partial charge in [-0.05, 0) is 30.5 Å². The van der Waals surface area contributed by atoms with Gasteiger partial charge >= 0.3 is 0 Å². The molecule has 3 nitrogen and oxygen atoms in total. The summed E-state index contributed by atoms with van der Waals surface area (Å²) in [6.45, 7) is 6.41. The summed E-state index contributed by atoms with van der Waals surface area (Å²) in [5.41, 5.74) is 2.98. The van der Waals surface area contributed by atoms with Crippen LogP contribution in [0.15, 0.2) is 36.7 Å². The lowest BCUT2D eigenvalue weighted by molar-refractivity contribution is 0.388. The van der Waals surface area contributed by atoms with E-state index in [0.29, 0.717) is 12.0 Å². The molecule has 0 fully saturated rings. The van der Waals surface area contributed by atoms with Crippen LogP contribution in [0.2, 0.25) is 0 Å². The Hall–Kier alpha value is -1.61. The topological polar surface area (TPSA) is 29.9 Å². The molecule has 1 aromatic carbocycles. The van der Waals surface area contributed by atoms with Crippen molar-refractivity contribution in [2.45, 2.75) is 45.2 Å². The molecule has 106 valence electrons. The lowest BCUT2D eigenvalue weighted by atomic mass is 9.73. The van der Waals surface area contributed by atoms with Crippen LogP contribution < -0.4 is 5.32 Å². The zero-order valence-electron chi connectivity index (χ0n) is 12.3. The molecule has 1 aromatic heterocycles. The highest BCUT2D eigenvalue weighted by atomic mass is 15.1. The van der Waals surface area contributed by atoms with Gasteiger partial charge < -0.3 is 9.88 Å². The molecule has 1 aliphatic rings. The van der Waals surface area contributed by atoms with Gasteiger partial charge in [-0.15, -0.1) is 0 Å². The number of nitrogens with one attached hydrogen (secondary N) is 1. The van der Waals surface area contributed by atoms with Crippen molar-refractivity contribution in [2.24, 2.45) is 0 Å². The third kappa shape index (κ3) is 2.27. The maximum atomic E-state index is 4.63. The van der Waals surface area contributed by atoms with Crippen LogP contribution in [0.3, 0.4) is 0 Å². The number of aryl methyl sites for hydroxylation is 1. The third-order valence-corrected chi connectivity index (χ3v) is 4.21. The monoisotopic (exact) mass is 269 g/mol. The number of hydrogen-bond donors (Lipinski definition) is 1. The second-order valence-electron chi connectivity index (χ2n) is 5.52. The van der Waals surface area contributed by atoms with Gasteiger partial charge in [0.1, 0.15) is 5.82 Å². The number of likely N-dealkylation sites (N-methyl/N-ethyl adjacent to an activating group) is 1. The fraction of sp³-hybridized carbons (Fsp3) is 0.471. The molecule has 0 saturated carbocycles. The largest absolute Gasteiger partial charge is 0.334 e. The van der Waals surface area contributed by atoms with E-state index in [0.717, 1.165) is 25.9 Å². The predicted octanol–water partition coefficient (Wildman–Crippen LogP) is 3.28. The molecule has 0 radical (unpaired) electrons. The highest BCUT2D eigenvalue weighted by Crippen LogP contribution is 2.42. The first-order chi connectivity index (χ1) is 9.85. The van der Waals surface area contributed by atoms with E-state index in [2.05, 4.69) is 59.2 Å². The first kappa shape index (κ1) is 13.4. The minimum Gasteiger partial charge on any atom is -0.334 e. The summed E-state index contributed by atoms with van der Waals surface area (Å²) in [5, 5.41) is 3.64. The minimum absolute atomic E-state index is 0.330. The van der Waals surface area contributed by atoms with E-state index >= 15 is 0 Å². The highest BCUT2D eigenvalue weighted by molar-refractivity contribution is 5.42. The fourth-order valence-electron chi connectivity index (χ4n) is 3.26. The second kappa shape index (κ2) is 5.80. The number of fused-ring (bicyclic) bond motifs is 1. The summed E-state index contributed by atoms with van der Waals surface area (Å²) in [6, 6.07) is 9.12. The molecule has 2 atom stereocenters. The molecule has 1 aliphatic carbocycles. The van der Waals surface area contributed by atoms with E-state index in [1.54, 1.807) is 0 Å². The fourth-order valence-corrected chi connectivity index (χ4v) is 3.26. The molecule has 1 heterocycles. The number of aromatic nitrogens is 2. The van der Waals surface area contributed by atoms with Gasteiger partial charge in [-0.25, -0.2) is 4.98 Å². The molecule has 0 aliphatic heterocycles. The van der Waals surface area contributed by atoms with Crippen LogP contribution in [-0.2, 0) is 13.0 Å². The Morgan fingerprint density at radius 1 is 1.35 bits per heavy atom. The average Bonchev–Trinajstić information content (AvgIpc) is 2.88. The van der Waals surface area contributed by atoms with E-state index < -0.39 is 0 Å². The third-order valence-electron chi connectivity index (χ3n) is 4.21. The van der Waals surface area contributed by atoms with Crippen LogP contribution in [0.5, 0.6) is 0 Å². The van der Waals surface area contributed by atoms with Crippen molar-refractivity contribution < 1.29 is 0 Å². The smallest absolute Gasteiger partial charge is 0.126 e. The normalized spacial score (nSPS) is 18.4. The van der Waals surface area contributed by atoms with E-state index in [1.807, 2.05) is 6.20 Å². The van der Waals surface area contributed by atoms with Crippen LogP contribution >= 0.6 is 0 Å². The zero-order chi connectivity index (χ0) is 13.9. The van der Waals surface area contributed by atoms with Gasteiger partial charge in [0.05, 0.1) is 6.04 Å². The van der Waals surface area contributed by atoms with Crippen LogP contribution in [-0.4, -0.2) is 16.1 Å². The molecule has 20 heavy (non-hydrogen) atoms. The Balaban J connectivity index is 1.89. The van der Waals surface area contributed by atoms with Crippen LogP contribution in [0.4, 0.5) is 0 Å².